The summed E-state index contributed by atoms with van der Waals surface area (Å²) >= 11 is 1.21. The fourth-order valence-corrected chi connectivity index (χ4v) is 8.10. The second-order valence-electron chi connectivity index (χ2n) is 7.41. The van der Waals surface area contributed by atoms with Crippen LogP contribution in [0.5, 0.6) is 0 Å². The summed E-state index contributed by atoms with van der Waals surface area (Å²) in [4.78, 5) is 0. The van der Waals surface area contributed by atoms with Gasteiger partial charge >= 0.3 is 0 Å². The zero-order valence-electron chi connectivity index (χ0n) is 15.5. The van der Waals surface area contributed by atoms with E-state index in [1.54, 1.807) is 29.6 Å². The third kappa shape index (κ3) is 3.98. The minimum atomic E-state index is -3.51. The Balaban J connectivity index is 1.54. The van der Waals surface area contributed by atoms with E-state index < -0.39 is 20.0 Å². The predicted octanol–water partition coefficient (Wildman–Crippen LogP) is 3.57. The molecule has 1 N–H and O–H groups in total. The summed E-state index contributed by atoms with van der Waals surface area (Å²) in [6.07, 6.45) is 5.02. The number of fused-ring (bicyclic) bond motifs is 1. The Morgan fingerprint density at radius 1 is 1.00 bits per heavy atom. The first-order valence-electron chi connectivity index (χ1n) is 9.53. The highest BCUT2D eigenvalue weighted by Gasteiger charge is 2.30. The molecule has 4 rings (SSSR count). The van der Waals surface area contributed by atoms with E-state index in [1.165, 1.54) is 15.6 Å². The van der Waals surface area contributed by atoms with Crippen LogP contribution in [-0.4, -0.2) is 32.9 Å². The summed E-state index contributed by atoms with van der Waals surface area (Å²) < 4.78 is 55.5. The first kappa shape index (κ1) is 19.9. The largest absolute Gasteiger partial charge is 0.283 e. The number of nitrogens with one attached hydrogen (secondary N) is 1. The lowest BCUT2D eigenvalue weighted by Crippen LogP contribution is -2.35. The van der Waals surface area contributed by atoms with Gasteiger partial charge in [0.1, 0.15) is 4.21 Å². The molecule has 2 heterocycles. The molecule has 0 unspecified atom stereocenters. The van der Waals surface area contributed by atoms with Gasteiger partial charge in [-0.1, -0.05) is 31.4 Å². The highest BCUT2D eigenvalue weighted by Crippen LogP contribution is 2.30. The molecule has 1 fully saturated rings. The van der Waals surface area contributed by atoms with Crippen LogP contribution in [0, 0.1) is 0 Å². The van der Waals surface area contributed by atoms with Crippen molar-refractivity contribution in [1.82, 2.24) is 4.31 Å². The lowest BCUT2D eigenvalue weighted by molar-refractivity contribution is 0.392. The van der Waals surface area contributed by atoms with Crippen molar-refractivity contribution in [3.63, 3.8) is 0 Å². The van der Waals surface area contributed by atoms with E-state index in [0.717, 1.165) is 30.4 Å². The van der Waals surface area contributed by atoms with Crippen LogP contribution in [0.2, 0.25) is 0 Å². The van der Waals surface area contributed by atoms with Gasteiger partial charge < -0.3 is 0 Å². The number of rotatable bonds is 5. The molecule has 6 nitrogen and oxygen atoms in total. The molecule has 0 amide bonds. The van der Waals surface area contributed by atoms with Crippen LogP contribution >= 0.6 is 11.3 Å². The Morgan fingerprint density at radius 3 is 2.50 bits per heavy atom. The zero-order valence-corrected chi connectivity index (χ0v) is 18.0. The minimum absolute atomic E-state index is 0.258. The summed E-state index contributed by atoms with van der Waals surface area (Å²) in [5, 5.41) is 1.41. The highest BCUT2D eigenvalue weighted by atomic mass is 32.2. The third-order valence-electron chi connectivity index (χ3n) is 5.52. The average molecular weight is 441 g/mol. The molecule has 2 aromatic rings. The van der Waals surface area contributed by atoms with E-state index >= 15 is 0 Å². The predicted molar refractivity (Wildman–Crippen MR) is 111 cm³/mol. The molecule has 0 saturated heterocycles. The minimum Gasteiger partial charge on any atom is -0.283 e. The Hall–Kier alpha value is -1.42. The maximum Gasteiger partial charge on any atom is 0.252 e. The van der Waals surface area contributed by atoms with E-state index in [4.69, 9.17) is 0 Å². The molecule has 1 aromatic carbocycles. The first-order chi connectivity index (χ1) is 13.4. The number of benzene rings is 1. The molecule has 0 radical (unpaired) electrons. The van der Waals surface area contributed by atoms with Crippen molar-refractivity contribution in [2.24, 2.45) is 0 Å². The van der Waals surface area contributed by atoms with Crippen molar-refractivity contribution in [1.29, 1.82) is 0 Å². The van der Waals surface area contributed by atoms with Crippen molar-refractivity contribution in [3.8, 4) is 0 Å². The van der Waals surface area contributed by atoms with Crippen LogP contribution in [-0.2, 0) is 33.0 Å². The summed E-state index contributed by atoms with van der Waals surface area (Å²) in [5.74, 6) is 0. The maximum atomic E-state index is 12.8. The highest BCUT2D eigenvalue weighted by molar-refractivity contribution is 7.93. The SMILES string of the molecule is O=S(=O)(Nc1ccc2c(c1)CN(S(=O)(=O)c1cccs1)CC2)C1CCCCC1. The van der Waals surface area contributed by atoms with Gasteiger partial charge in [0.25, 0.3) is 10.0 Å². The summed E-state index contributed by atoms with van der Waals surface area (Å²) in [5.41, 5.74) is 2.44. The molecule has 0 bridgehead atoms. The molecule has 0 atom stereocenters. The van der Waals surface area contributed by atoms with E-state index in [1.807, 2.05) is 6.07 Å². The Labute approximate surface area is 170 Å². The van der Waals surface area contributed by atoms with Crippen LogP contribution in [0.25, 0.3) is 0 Å². The number of hydrogen-bond donors (Lipinski definition) is 1. The van der Waals surface area contributed by atoms with Crippen molar-refractivity contribution < 1.29 is 16.8 Å². The van der Waals surface area contributed by atoms with Gasteiger partial charge in [-0.25, -0.2) is 16.8 Å². The van der Waals surface area contributed by atoms with Crippen LogP contribution < -0.4 is 4.72 Å². The fraction of sp³-hybridized carbons (Fsp3) is 0.474. The van der Waals surface area contributed by atoms with E-state index in [0.29, 0.717) is 35.7 Å². The van der Waals surface area contributed by atoms with Gasteiger partial charge in [-0.3, -0.25) is 4.72 Å². The van der Waals surface area contributed by atoms with Gasteiger partial charge in [0, 0.05) is 18.8 Å². The van der Waals surface area contributed by atoms with E-state index in [2.05, 4.69) is 4.72 Å². The molecular weight excluding hydrogens is 416 g/mol. The normalized spacial score (nSPS) is 19.3. The second kappa shape index (κ2) is 7.78. The molecule has 0 spiro atoms. The van der Waals surface area contributed by atoms with Crippen LogP contribution in [0.3, 0.4) is 0 Å². The quantitative estimate of drug-likeness (QED) is 0.770. The lowest BCUT2D eigenvalue weighted by atomic mass is 10.0. The van der Waals surface area contributed by atoms with Crippen molar-refractivity contribution >= 4 is 37.1 Å². The molecule has 1 aliphatic carbocycles. The number of nitrogens with zero attached hydrogens (tertiary/aromatic N) is 1. The van der Waals surface area contributed by atoms with Gasteiger partial charge in [0.2, 0.25) is 10.0 Å². The Bertz CT molecular complexity index is 1040. The Kier molecular flexibility index (Phi) is 5.52. The molecule has 152 valence electrons. The topological polar surface area (TPSA) is 83.6 Å². The molecule has 2 aliphatic rings. The standard InChI is InChI=1S/C19H24N2O4S3/c22-27(23,18-5-2-1-3-6-18)20-17-9-8-15-10-11-21(14-16(15)13-17)28(24,25)19-7-4-12-26-19/h4,7-9,12-13,18,20H,1-3,5-6,10-11,14H2. The van der Waals surface area contributed by atoms with E-state index in [9.17, 15) is 16.8 Å². The molecule has 1 saturated carbocycles. The van der Waals surface area contributed by atoms with Gasteiger partial charge in [-0.2, -0.15) is 4.31 Å². The molecule has 1 aromatic heterocycles. The second-order valence-corrected chi connectivity index (χ2v) is 12.5. The number of thiophene rings is 1. The van der Waals surface area contributed by atoms with E-state index in [-0.39, 0.29) is 11.8 Å². The van der Waals surface area contributed by atoms with Gasteiger partial charge in [-0.05, 0) is 54.0 Å². The van der Waals surface area contributed by atoms with Gasteiger partial charge in [0.05, 0.1) is 5.25 Å². The van der Waals surface area contributed by atoms with Gasteiger partial charge in [-0.15, -0.1) is 11.3 Å². The number of anilines is 1. The smallest absolute Gasteiger partial charge is 0.252 e. The first-order valence-corrected chi connectivity index (χ1v) is 13.4. The van der Waals surface area contributed by atoms with Crippen molar-refractivity contribution in [2.75, 3.05) is 11.3 Å². The zero-order chi connectivity index (χ0) is 19.8. The van der Waals surface area contributed by atoms with Crippen LogP contribution in [0.4, 0.5) is 5.69 Å². The fourth-order valence-electron chi connectivity index (χ4n) is 3.96. The summed E-state index contributed by atoms with van der Waals surface area (Å²) in [7, 11) is -6.93. The average Bonchev–Trinajstić information content (AvgIpc) is 3.23. The summed E-state index contributed by atoms with van der Waals surface area (Å²) in [6.45, 7) is 0.689. The Morgan fingerprint density at radius 2 is 1.79 bits per heavy atom. The number of sulfonamides is 2. The third-order valence-corrected chi connectivity index (χ3v) is 10.6. The van der Waals surface area contributed by atoms with Crippen molar-refractivity contribution in [3.05, 3.63) is 46.8 Å². The number of hydrogen-bond acceptors (Lipinski definition) is 5. The van der Waals surface area contributed by atoms with Crippen LogP contribution in [0.15, 0.2) is 39.9 Å². The van der Waals surface area contributed by atoms with Gasteiger partial charge in [0.15, 0.2) is 0 Å². The molecule has 1 aliphatic heterocycles. The molecular formula is C19H24N2O4S3. The van der Waals surface area contributed by atoms with Crippen molar-refractivity contribution in [2.45, 2.75) is 54.5 Å². The summed E-state index contributed by atoms with van der Waals surface area (Å²) in [6, 6.07) is 8.81. The lowest BCUT2D eigenvalue weighted by Gasteiger charge is -2.28. The van der Waals surface area contributed by atoms with Crippen LogP contribution in [0.1, 0.15) is 43.2 Å². The maximum absolute atomic E-state index is 12.8. The molecule has 9 heteroatoms. The monoisotopic (exact) mass is 440 g/mol. The molecule has 28 heavy (non-hydrogen) atoms.